The van der Waals surface area contributed by atoms with Crippen molar-refractivity contribution in [2.75, 3.05) is 14.7 Å². The standard InChI is InChI=1S/C60H60BN3/c1-57(2,3)39-21-27-43(28-22-39)62-48-33-37-17-13-15-19-46(37)55-53(48)61-52-50(63(55)44-29-23-40(24-30-44)58(4,5)6)35-42(60(10,11)12)36-51(52)64(45-31-25-41(26-32-45)59(7,8)9)56-47-20-16-14-18-38(47)34-49(62)54(56)61/h13-36H,1-12H3. The van der Waals surface area contributed by atoms with E-state index in [1.807, 2.05) is 0 Å². The molecule has 0 unspecified atom stereocenters. The predicted molar refractivity (Wildman–Crippen MR) is 279 cm³/mol. The van der Waals surface area contributed by atoms with Gasteiger partial charge in [-0.15, -0.1) is 0 Å². The van der Waals surface area contributed by atoms with Gasteiger partial charge in [0.25, 0.3) is 6.71 Å². The molecule has 8 aromatic rings. The van der Waals surface area contributed by atoms with Gasteiger partial charge in [0, 0.05) is 50.6 Å². The Morgan fingerprint density at radius 2 is 0.625 bits per heavy atom. The number of nitrogens with zero attached hydrogens (tertiary/aromatic N) is 3. The molecule has 0 bridgehead atoms. The summed E-state index contributed by atoms with van der Waals surface area (Å²) in [4.78, 5) is 7.87. The summed E-state index contributed by atoms with van der Waals surface area (Å²) in [6.45, 7) is 27.8. The fraction of sp³-hybridized carbons (Fsp3) is 0.267. The van der Waals surface area contributed by atoms with Crippen LogP contribution in [0.2, 0.25) is 0 Å². The highest BCUT2D eigenvalue weighted by Gasteiger charge is 2.51. The quantitative estimate of drug-likeness (QED) is 0.164. The Kier molecular flexibility index (Phi) is 8.63. The summed E-state index contributed by atoms with van der Waals surface area (Å²) in [5.74, 6) is 0. The Balaban J connectivity index is 1.33. The first-order valence-electron chi connectivity index (χ1n) is 23.3. The summed E-state index contributed by atoms with van der Waals surface area (Å²) >= 11 is 0. The third kappa shape index (κ3) is 6.08. The minimum atomic E-state index is -0.119. The lowest BCUT2D eigenvalue weighted by atomic mass is 9.31. The lowest BCUT2D eigenvalue weighted by molar-refractivity contribution is 0.590. The fourth-order valence-corrected chi connectivity index (χ4v) is 10.8. The van der Waals surface area contributed by atoms with Gasteiger partial charge >= 0.3 is 0 Å². The zero-order chi connectivity index (χ0) is 44.8. The van der Waals surface area contributed by atoms with Crippen molar-refractivity contribution in [2.45, 2.75) is 105 Å². The van der Waals surface area contributed by atoms with Crippen molar-refractivity contribution in [2.24, 2.45) is 0 Å². The molecule has 3 nitrogen and oxygen atoms in total. The normalized spacial score (nSPS) is 14.4. The van der Waals surface area contributed by atoms with Crippen LogP contribution in [0.1, 0.15) is 105 Å². The van der Waals surface area contributed by atoms with E-state index >= 15 is 0 Å². The van der Waals surface area contributed by atoms with Crippen LogP contribution < -0.4 is 31.1 Å². The second-order valence-corrected chi connectivity index (χ2v) is 22.8. The monoisotopic (exact) mass is 833 g/mol. The molecule has 0 radical (unpaired) electrons. The van der Waals surface area contributed by atoms with Gasteiger partial charge in [0.2, 0.25) is 0 Å². The van der Waals surface area contributed by atoms with Crippen LogP contribution in [0.3, 0.4) is 0 Å². The Hall–Kier alpha value is -6.26. The molecule has 4 heteroatoms. The first kappa shape index (κ1) is 40.5. The third-order valence-electron chi connectivity index (χ3n) is 14.3. The van der Waals surface area contributed by atoms with Gasteiger partial charge in [0.05, 0.1) is 11.4 Å². The third-order valence-corrected chi connectivity index (χ3v) is 14.3. The first-order valence-corrected chi connectivity index (χ1v) is 23.3. The average Bonchev–Trinajstić information content (AvgIpc) is 3.25. The van der Waals surface area contributed by atoms with E-state index in [0.29, 0.717) is 0 Å². The van der Waals surface area contributed by atoms with Crippen LogP contribution >= 0.6 is 0 Å². The smallest absolute Gasteiger partial charge is 0.257 e. The number of benzene rings is 8. The highest BCUT2D eigenvalue weighted by molar-refractivity contribution is 7.03. The van der Waals surface area contributed by atoms with Crippen LogP contribution in [-0.4, -0.2) is 6.71 Å². The van der Waals surface area contributed by atoms with Gasteiger partial charge in [-0.2, -0.15) is 0 Å². The van der Waals surface area contributed by atoms with E-state index in [0.717, 1.165) is 0 Å². The summed E-state index contributed by atoms with van der Waals surface area (Å²) in [5, 5.41) is 5.01. The van der Waals surface area contributed by atoms with Gasteiger partial charge < -0.3 is 14.7 Å². The molecular formula is C60H60BN3. The second-order valence-electron chi connectivity index (χ2n) is 22.8. The van der Waals surface area contributed by atoms with Crippen molar-refractivity contribution >= 4 is 95.8 Å². The molecular weight excluding hydrogens is 773 g/mol. The van der Waals surface area contributed by atoms with Crippen molar-refractivity contribution in [3.05, 3.63) is 168 Å². The molecule has 3 aliphatic rings. The van der Waals surface area contributed by atoms with Crippen LogP contribution in [0.15, 0.2) is 146 Å². The topological polar surface area (TPSA) is 9.72 Å². The van der Waals surface area contributed by atoms with Gasteiger partial charge in [-0.1, -0.05) is 168 Å². The molecule has 0 spiro atoms. The average molecular weight is 834 g/mol. The van der Waals surface area contributed by atoms with Crippen molar-refractivity contribution in [1.82, 2.24) is 0 Å². The maximum atomic E-state index is 2.64. The number of hydrogen-bond donors (Lipinski definition) is 0. The Morgan fingerprint density at radius 3 is 0.969 bits per heavy atom. The first-order chi connectivity index (χ1) is 30.3. The summed E-state index contributed by atoms with van der Waals surface area (Å²) in [7, 11) is 0. The lowest BCUT2D eigenvalue weighted by Crippen LogP contribution is -2.65. The Bertz CT molecular complexity index is 3010. The molecule has 0 saturated heterocycles. The molecule has 0 atom stereocenters. The van der Waals surface area contributed by atoms with Gasteiger partial charge in [-0.25, -0.2) is 0 Å². The van der Waals surface area contributed by atoms with Crippen molar-refractivity contribution < 1.29 is 0 Å². The number of fused-ring (bicyclic) bond motifs is 4. The SMILES string of the molecule is CC(C)(C)c1ccc(N2c3cc4ccccc4c4c3B3c5c(cc(C(C)(C)C)cc5N(c5ccc(C(C)(C)C)cc5)c5c3c2cc2ccccc52)N4c2ccc(C(C)(C)C)cc2)cc1. The van der Waals surface area contributed by atoms with E-state index < -0.39 is 0 Å². The fourth-order valence-electron chi connectivity index (χ4n) is 10.8. The van der Waals surface area contributed by atoms with Crippen LogP contribution in [-0.2, 0) is 21.7 Å². The molecule has 8 aromatic carbocycles. The Morgan fingerprint density at radius 1 is 0.312 bits per heavy atom. The molecule has 0 aromatic heterocycles. The van der Waals surface area contributed by atoms with E-state index in [-0.39, 0.29) is 28.4 Å². The highest BCUT2D eigenvalue weighted by Crippen LogP contribution is 2.54. The lowest BCUT2D eigenvalue weighted by Gasteiger charge is -2.50. The van der Waals surface area contributed by atoms with Crippen molar-refractivity contribution in [1.29, 1.82) is 0 Å². The maximum Gasteiger partial charge on any atom is 0.257 e. The molecule has 318 valence electrons. The molecule has 0 fully saturated rings. The van der Waals surface area contributed by atoms with Crippen LogP contribution in [0, 0.1) is 0 Å². The van der Waals surface area contributed by atoms with Gasteiger partial charge in [0.15, 0.2) is 0 Å². The van der Waals surface area contributed by atoms with E-state index in [4.69, 9.17) is 0 Å². The van der Waals surface area contributed by atoms with E-state index in [1.54, 1.807) is 0 Å². The minimum absolute atomic E-state index is 0.0106. The van der Waals surface area contributed by atoms with Crippen molar-refractivity contribution in [3.63, 3.8) is 0 Å². The van der Waals surface area contributed by atoms with Gasteiger partial charge in [-0.05, 0) is 132 Å². The molecule has 0 aliphatic carbocycles. The van der Waals surface area contributed by atoms with E-state index in [9.17, 15) is 0 Å². The number of rotatable bonds is 3. The van der Waals surface area contributed by atoms with Crippen LogP contribution in [0.4, 0.5) is 51.2 Å². The van der Waals surface area contributed by atoms with E-state index in [2.05, 4.69) is 243 Å². The summed E-state index contributed by atoms with van der Waals surface area (Å²) < 4.78 is 0. The zero-order valence-electron chi connectivity index (χ0n) is 39.8. The Labute approximate surface area is 381 Å². The molecule has 64 heavy (non-hydrogen) atoms. The predicted octanol–water partition coefficient (Wildman–Crippen LogP) is 15.0. The molecule has 0 saturated carbocycles. The number of anilines is 9. The number of hydrogen-bond acceptors (Lipinski definition) is 3. The van der Waals surface area contributed by atoms with Crippen LogP contribution in [0.25, 0.3) is 21.5 Å². The molecule has 3 aliphatic heterocycles. The minimum Gasteiger partial charge on any atom is -0.311 e. The maximum absolute atomic E-state index is 2.64. The zero-order valence-corrected chi connectivity index (χ0v) is 39.8. The van der Waals surface area contributed by atoms with Crippen molar-refractivity contribution in [3.8, 4) is 0 Å². The summed E-state index contributed by atoms with van der Waals surface area (Å²) in [6.07, 6.45) is 0. The van der Waals surface area contributed by atoms with E-state index in [1.165, 1.54) is 111 Å². The van der Waals surface area contributed by atoms with Crippen LogP contribution in [0.5, 0.6) is 0 Å². The molecule has 3 heterocycles. The second kappa shape index (κ2) is 13.6. The molecule has 0 N–H and O–H groups in total. The largest absolute Gasteiger partial charge is 0.311 e. The summed E-state index contributed by atoms with van der Waals surface area (Å²) in [5.41, 5.74) is 20.5. The molecule has 0 amide bonds. The molecule has 11 rings (SSSR count). The highest BCUT2D eigenvalue weighted by atomic mass is 15.2. The van der Waals surface area contributed by atoms with Gasteiger partial charge in [-0.3, -0.25) is 0 Å². The summed E-state index contributed by atoms with van der Waals surface area (Å²) in [6, 6.07) is 56.5. The van der Waals surface area contributed by atoms with Gasteiger partial charge in [0.1, 0.15) is 0 Å².